The quantitative estimate of drug-likeness (QED) is 0.509. The number of benzene rings is 2. The molecule has 1 atom stereocenters. The SMILES string of the molecule is CS(=O)(=O)c1cccc(N2CCN(Cc3ccc(C(F)(F)F)c(F)c3)[C@H](C3CCCCC3)C2)c1. The van der Waals surface area contributed by atoms with Crippen molar-refractivity contribution in [3.8, 4) is 0 Å². The predicted octanol–water partition coefficient (Wildman–Crippen LogP) is 5.52. The number of piperazine rings is 1. The summed E-state index contributed by atoms with van der Waals surface area (Å²) in [6.07, 6.45) is 2.14. The van der Waals surface area contributed by atoms with Crippen molar-refractivity contribution < 1.29 is 26.0 Å². The molecule has 0 unspecified atom stereocenters. The maximum Gasteiger partial charge on any atom is 0.419 e. The molecule has 0 spiro atoms. The summed E-state index contributed by atoms with van der Waals surface area (Å²) in [5.74, 6) is -0.802. The number of hydrogen-bond acceptors (Lipinski definition) is 4. The Labute approximate surface area is 198 Å². The van der Waals surface area contributed by atoms with Gasteiger partial charge in [-0.2, -0.15) is 13.2 Å². The van der Waals surface area contributed by atoms with E-state index in [0.29, 0.717) is 37.7 Å². The summed E-state index contributed by atoms with van der Waals surface area (Å²) < 4.78 is 77.1. The van der Waals surface area contributed by atoms with E-state index in [1.165, 1.54) is 18.7 Å². The van der Waals surface area contributed by atoms with E-state index in [2.05, 4.69) is 9.80 Å². The van der Waals surface area contributed by atoms with Crippen molar-refractivity contribution in [2.24, 2.45) is 5.92 Å². The zero-order valence-corrected chi connectivity index (χ0v) is 20.0. The van der Waals surface area contributed by atoms with Crippen molar-refractivity contribution in [3.05, 3.63) is 59.4 Å². The van der Waals surface area contributed by atoms with Crippen LogP contribution in [0.4, 0.5) is 23.2 Å². The lowest BCUT2D eigenvalue weighted by molar-refractivity contribution is -0.140. The molecule has 4 nitrogen and oxygen atoms in total. The molecule has 1 saturated carbocycles. The molecule has 0 bridgehead atoms. The number of alkyl halides is 3. The highest BCUT2D eigenvalue weighted by Crippen LogP contribution is 2.35. The van der Waals surface area contributed by atoms with E-state index >= 15 is 0 Å². The summed E-state index contributed by atoms with van der Waals surface area (Å²) in [7, 11) is -3.32. The number of halogens is 4. The van der Waals surface area contributed by atoms with E-state index in [4.69, 9.17) is 0 Å². The highest BCUT2D eigenvalue weighted by Gasteiger charge is 2.36. The van der Waals surface area contributed by atoms with Gasteiger partial charge in [0, 0.05) is 44.2 Å². The van der Waals surface area contributed by atoms with Crippen LogP contribution in [0.2, 0.25) is 0 Å². The van der Waals surface area contributed by atoms with Crippen LogP contribution in [0.25, 0.3) is 0 Å². The summed E-state index contributed by atoms with van der Waals surface area (Å²) in [4.78, 5) is 4.73. The molecule has 1 heterocycles. The monoisotopic (exact) mass is 498 g/mol. The second-order valence-corrected chi connectivity index (χ2v) is 11.5. The lowest BCUT2D eigenvalue weighted by Gasteiger charge is -2.47. The average molecular weight is 499 g/mol. The van der Waals surface area contributed by atoms with Crippen molar-refractivity contribution in [1.29, 1.82) is 0 Å². The van der Waals surface area contributed by atoms with Gasteiger partial charge in [0.2, 0.25) is 0 Å². The van der Waals surface area contributed by atoms with Crippen molar-refractivity contribution in [2.45, 2.75) is 55.8 Å². The minimum atomic E-state index is -4.71. The number of rotatable bonds is 5. The molecule has 9 heteroatoms. The van der Waals surface area contributed by atoms with Crippen LogP contribution >= 0.6 is 0 Å². The average Bonchev–Trinajstić information content (AvgIpc) is 2.79. The van der Waals surface area contributed by atoms with Gasteiger partial charge in [-0.3, -0.25) is 4.90 Å². The summed E-state index contributed by atoms with van der Waals surface area (Å²) in [5.41, 5.74) is 0.137. The van der Waals surface area contributed by atoms with Crippen LogP contribution in [0.5, 0.6) is 0 Å². The van der Waals surface area contributed by atoms with Crippen LogP contribution < -0.4 is 4.90 Å². The largest absolute Gasteiger partial charge is 0.419 e. The Kier molecular flexibility index (Phi) is 7.24. The Bertz CT molecular complexity index is 1110. The fourth-order valence-electron chi connectivity index (χ4n) is 5.28. The van der Waals surface area contributed by atoms with Gasteiger partial charge in [-0.25, -0.2) is 12.8 Å². The number of anilines is 1. The third-order valence-electron chi connectivity index (χ3n) is 7.06. The molecule has 0 N–H and O–H groups in total. The summed E-state index contributed by atoms with van der Waals surface area (Å²) in [6.45, 7) is 2.39. The molecule has 186 valence electrons. The van der Waals surface area contributed by atoms with Gasteiger partial charge in [0.1, 0.15) is 5.82 Å². The molecular formula is C25H30F4N2O2S. The van der Waals surface area contributed by atoms with Crippen molar-refractivity contribution in [1.82, 2.24) is 4.90 Å². The zero-order chi connectivity index (χ0) is 24.5. The molecule has 0 amide bonds. The number of hydrogen-bond donors (Lipinski definition) is 0. The third-order valence-corrected chi connectivity index (χ3v) is 8.17. The molecule has 2 aromatic rings. The van der Waals surface area contributed by atoms with Gasteiger partial charge < -0.3 is 4.90 Å². The Morgan fingerprint density at radius 3 is 2.38 bits per heavy atom. The van der Waals surface area contributed by atoms with Gasteiger partial charge in [-0.1, -0.05) is 31.4 Å². The van der Waals surface area contributed by atoms with Gasteiger partial charge in [0.05, 0.1) is 10.5 Å². The highest BCUT2D eigenvalue weighted by molar-refractivity contribution is 7.90. The molecule has 2 aliphatic rings. The molecule has 2 fully saturated rings. The number of sulfone groups is 1. The summed E-state index contributed by atoms with van der Waals surface area (Å²) in [6, 6.07) is 10.3. The maximum absolute atomic E-state index is 14.2. The first-order chi connectivity index (χ1) is 16.0. The molecule has 1 aliphatic carbocycles. The summed E-state index contributed by atoms with van der Waals surface area (Å²) >= 11 is 0. The first kappa shape index (κ1) is 25.0. The van der Waals surface area contributed by atoms with Crippen molar-refractivity contribution >= 4 is 15.5 Å². The molecular weight excluding hydrogens is 468 g/mol. The Balaban J connectivity index is 1.56. The fourth-order valence-corrected chi connectivity index (χ4v) is 5.94. The first-order valence-corrected chi connectivity index (χ1v) is 13.6. The molecule has 4 rings (SSSR count). The van der Waals surface area contributed by atoms with Crippen LogP contribution in [0.3, 0.4) is 0 Å². The number of nitrogens with zero attached hydrogens (tertiary/aromatic N) is 2. The Hall–Kier alpha value is -2.13. The third kappa shape index (κ3) is 5.74. The minimum Gasteiger partial charge on any atom is -0.369 e. The maximum atomic E-state index is 14.2. The molecule has 1 saturated heterocycles. The topological polar surface area (TPSA) is 40.6 Å². The van der Waals surface area contributed by atoms with E-state index in [1.807, 2.05) is 6.07 Å². The van der Waals surface area contributed by atoms with Crippen LogP contribution in [-0.2, 0) is 22.6 Å². The minimum absolute atomic E-state index is 0.154. The van der Waals surface area contributed by atoms with Gasteiger partial charge in [-0.15, -0.1) is 0 Å². The van der Waals surface area contributed by atoms with Gasteiger partial charge in [0.15, 0.2) is 9.84 Å². The summed E-state index contributed by atoms with van der Waals surface area (Å²) in [5, 5.41) is 0. The Morgan fingerprint density at radius 2 is 1.74 bits per heavy atom. The standard InChI is InChI=1S/C25H30F4N2O2S/c1-34(32,33)21-9-5-8-20(15-21)30-12-13-31(24(17-30)19-6-3-2-4-7-19)16-18-10-11-22(23(26)14-18)25(27,28)29/h5,8-11,14-15,19,24H,2-4,6-7,12-13,16-17H2,1H3/t24-/m0/s1. The van der Waals surface area contributed by atoms with Crippen LogP contribution in [0.15, 0.2) is 47.4 Å². The second-order valence-electron chi connectivity index (χ2n) is 9.46. The van der Waals surface area contributed by atoms with Crippen molar-refractivity contribution in [3.63, 3.8) is 0 Å². The van der Waals surface area contributed by atoms with E-state index in [0.717, 1.165) is 43.5 Å². The molecule has 2 aromatic carbocycles. The van der Waals surface area contributed by atoms with Gasteiger partial charge >= 0.3 is 6.18 Å². The van der Waals surface area contributed by atoms with E-state index in [1.54, 1.807) is 18.2 Å². The zero-order valence-electron chi connectivity index (χ0n) is 19.2. The van der Waals surface area contributed by atoms with E-state index in [-0.39, 0.29) is 10.9 Å². The second kappa shape index (κ2) is 9.85. The molecule has 0 aromatic heterocycles. The first-order valence-electron chi connectivity index (χ1n) is 11.7. The Morgan fingerprint density at radius 1 is 1.00 bits per heavy atom. The smallest absolute Gasteiger partial charge is 0.369 e. The lowest BCUT2D eigenvalue weighted by atomic mass is 9.82. The van der Waals surface area contributed by atoms with Crippen LogP contribution in [0, 0.1) is 11.7 Å². The van der Waals surface area contributed by atoms with Crippen molar-refractivity contribution in [2.75, 3.05) is 30.8 Å². The molecule has 0 radical (unpaired) electrons. The predicted molar refractivity (Wildman–Crippen MR) is 124 cm³/mol. The molecule has 1 aliphatic heterocycles. The normalized spacial score (nSPS) is 21.1. The fraction of sp³-hybridized carbons (Fsp3) is 0.520. The van der Waals surface area contributed by atoms with Gasteiger partial charge in [0.25, 0.3) is 0 Å². The van der Waals surface area contributed by atoms with E-state index in [9.17, 15) is 26.0 Å². The van der Waals surface area contributed by atoms with E-state index < -0.39 is 27.4 Å². The highest BCUT2D eigenvalue weighted by atomic mass is 32.2. The van der Waals surface area contributed by atoms with Gasteiger partial charge in [-0.05, 0) is 54.7 Å². The lowest BCUT2D eigenvalue weighted by Crippen LogP contribution is -2.56. The van der Waals surface area contributed by atoms with Crippen LogP contribution in [-0.4, -0.2) is 45.2 Å². The molecule has 34 heavy (non-hydrogen) atoms. The van der Waals surface area contributed by atoms with Crippen LogP contribution in [0.1, 0.15) is 43.2 Å².